The molecule has 6 heteroatoms. The number of anilines is 1. The third-order valence-electron chi connectivity index (χ3n) is 3.51. The fourth-order valence-electron chi connectivity index (χ4n) is 2.20. The summed E-state index contributed by atoms with van der Waals surface area (Å²) in [5, 5.41) is 7.06. The van der Waals surface area contributed by atoms with Crippen molar-refractivity contribution in [1.82, 2.24) is 9.78 Å². The van der Waals surface area contributed by atoms with Gasteiger partial charge in [0.15, 0.2) is 0 Å². The number of hydrogen-bond donors (Lipinski definition) is 2. The molecule has 0 radical (unpaired) electrons. The lowest BCUT2D eigenvalue weighted by Gasteiger charge is -2.14. The second-order valence-electron chi connectivity index (χ2n) is 5.14. The fourth-order valence-corrected chi connectivity index (χ4v) is 2.20. The van der Waals surface area contributed by atoms with E-state index in [4.69, 9.17) is 10.5 Å². The number of benzene rings is 1. The summed E-state index contributed by atoms with van der Waals surface area (Å²) < 4.78 is 6.85. The van der Waals surface area contributed by atoms with Crippen LogP contribution in [0.15, 0.2) is 30.5 Å². The van der Waals surface area contributed by atoms with Crippen molar-refractivity contribution in [2.75, 3.05) is 12.4 Å². The number of rotatable bonds is 6. The molecule has 2 rings (SSSR count). The standard InChI is InChI=1S/C16H22N4O2/c1-4-20-15(11(2)10-18-20)19-16(21)14(17)9-12-5-7-13(22-3)8-6-12/h5-8,10,14H,4,9,17H2,1-3H3,(H,19,21)/t14-/m0/s1. The number of hydrogen-bond acceptors (Lipinski definition) is 4. The molecule has 0 saturated carbocycles. The normalized spacial score (nSPS) is 12.0. The minimum absolute atomic E-state index is 0.214. The Morgan fingerprint density at radius 1 is 1.41 bits per heavy atom. The zero-order valence-electron chi connectivity index (χ0n) is 13.2. The van der Waals surface area contributed by atoms with Gasteiger partial charge in [0.05, 0.1) is 19.3 Å². The molecule has 3 N–H and O–H groups in total. The molecule has 0 spiro atoms. The zero-order chi connectivity index (χ0) is 16.1. The van der Waals surface area contributed by atoms with Gasteiger partial charge in [0, 0.05) is 12.1 Å². The van der Waals surface area contributed by atoms with Crippen molar-refractivity contribution >= 4 is 11.7 Å². The van der Waals surface area contributed by atoms with Crippen LogP contribution in [0.5, 0.6) is 5.75 Å². The predicted octanol–water partition coefficient (Wildman–Crippen LogP) is 1.73. The van der Waals surface area contributed by atoms with E-state index >= 15 is 0 Å². The number of aromatic nitrogens is 2. The predicted molar refractivity (Wildman–Crippen MR) is 85.9 cm³/mol. The Bertz CT molecular complexity index is 634. The average molecular weight is 302 g/mol. The Hall–Kier alpha value is -2.34. The van der Waals surface area contributed by atoms with E-state index in [9.17, 15) is 4.79 Å². The van der Waals surface area contributed by atoms with Gasteiger partial charge < -0.3 is 15.8 Å². The quantitative estimate of drug-likeness (QED) is 0.851. The van der Waals surface area contributed by atoms with Crippen LogP contribution >= 0.6 is 0 Å². The molecule has 118 valence electrons. The summed E-state index contributed by atoms with van der Waals surface area (Å²) in [6.45, 7) is 4.57. The maximum Gasteiger partial charge on any atom is 0.242 e. The first-order valence-electron chi connectivity index (χ1n) is 7.27. The first-order chi connectivity index (χ1) is 10.5. The van der Waals surface area contributed by atoms with Gasteiger partial charge in [-0.3, -0.25) is 4.79 Å². The number of ether oxygens (including phenoxy) is 1. The number of nitrogens with two attached hydrogens (primary N) is 1. The smallest absolute Gasteiger partial charge is 0.242 e. The lowest BCUT2D eigenvalue weighted by atomic mass is 10.1. The van der Waals surface area contributed by atoms with Gasteiger partial charge in [0.2, 0.25) is 5.91 Å². The molecule has 22 heavy (non-hydrogen) atoms. The topological polar surface area (TPSA) is 82.2 Å². The maximum atomic E-state index is 12.3. The van der Waals surface area contributed by atoms with Crippen LogP contribution in [0.1, 0.15) is 18.1 Å². The highest BCUT2D eigenvalue weighted by Gasteiger charge is 2.17. The highest BCUT2D eigenvalue weighted by molar-refractivity contribution is 5.94. The Morgan fingerprint density at radius 3 is 2.68 bits per heavy atom. The highest BCUT2D eigenvalue weighted by Crippen LogP contribution is 2.15. The molecule has 0 unspecified atom stereocenters. The number of methoxy groups -OCH3 is 1. The Morgan fingerprint density at radius 2 is 2.09 bits per heavy atom. The van der Waals surface area contributed by atoms with Gasteiger partial charge in [-0.05, 0) is 38.0 Å². The van der Waals surface area contributed by atoms with Crippen molar-refractivity contribution in [3.05, 3.63) is 41.6 Å². The summed E-state index contributed by atoms with van der Waals surface area (Å²) in [7, 11) is 1.62. The van der Waals surface area contributed by atoms with E-state index in [1.54, 1.807) is 18.0 Å². The second kappa shape index (κ2) is 7.09. The van der Waals surface area contributed by atoms with E-state index in [0.717, 1.165) is 16.9 Å². The van der Waals surface area contributed by atoms with E-state index in [0.29, 0.717) is 18.8 Å². The molecule has 1 aromatic heterocycles. The lowest BCUT2D eigenvalue weighted by Crippen LogP contribution is -2.38. The zero-order valence-corrected chi connectivity index (χ0v) is 13.2. The van der Waals surface area contributed by atoms with E-state index in [1.807, 2.05) is 38.1 Å². The third kappa shape index (κ3) is 3.65. The van der Waals surface area contributed by atoms with Crippen molar-refractivity contribution in [2.24, 2.45) is 5.73 Å². The number of nitrogens with zero attached hydrogens (tertiary/aromatic N) is 2. The van der Waals surface area contributed by atoms with Crippen LogP contribution in [-0.2, 0) is 17.8 Å². The largest absolute Gasteiger partial charge is 0.497 e. The molecule has 0 aliphatic carbocycles. The summed E-state index contributed by atoms with van der Waals surface area (Å²) in [5.74, 6) is 1.27. The molecule has 1 amide bonds. The molecular formula is C16H22N4O2. The Labute approximate surface area is 130 Å². The van der Waals surface area contributed by atoms with Crippen LogP contribution in [-0.4, -0.2) is 28.8 Å². The summed E-state index contributed by atoms with van der Waals surface area (Å²) in [4.78, 5) is 12.3. The van der Waals surface area contributed by atoms with E-state index in [2.05, 4.69) is 10.4 Å². The molecule has 0 saturated heterocycles. The molecule has 0 aliphatic heterocycles. The molecule has 0 fully saturated rings. The van der Waals surface area contributed by atoms with Crippen LogP contribution in [0.4, 0.5) is 5.82 Å². The van der Waals surface area contributed by atoms with Crippen LogP contribution in [0.3, 0.4) is 0 Å². The maximum absolute atomic E-state index is 12.3. The lowest BCUT2D eigenvalue weighted by molar-refractivity contribution is -0.117. The fraction of sp³-hybridized carbons (Fsp3) is 0.375. The monoisotopic (exact) mass is 302 g/mol. The van der Waals surface area contributed by atoms with E-state index in [1.165, 1.54) is 0 Å². The molecule has 0 bridgehead atoms. The summed E-state index contributed by atoms with van der Waals surface area (Å²) in [6.07, 6.45) is 2.20. The van der Waals surface area contributed by atoms with Gasteiger partial charge in [-0.25, -0.2) is 4.68 Å². The van der Waals surface area contributed by atoms with Gasteiger partial charge >= 0.3 is 0 Å². The summed E-state index contributed by atoms with van der Waals surface area (Å²) in [5.41, 5.74) is 7.92. The van der Waals surface area contributed by atoms with E-state index in [-0.39, 0.29) is 5.91 Å². The first kappa shape index (κ1) is 16.0. The molecule has 1 atom stereocenters. The molecule has 1 heterocycles. The second-order valence-corrected chi connectivity index (χ2v) is 5.14. The van der Waals surface area contributed by atoms with Gasteiger partial charge in [0.1, 0.15) is 11.6 Å². The summed E-state index contributed by atoms with van der Waals surface area (Å²) >= 11 is 0. The minimum atomic E-state index is -0.618. The molecule has 0 aliphatic rings. The number of amides is 1. The SMILES string of the molecule is CCn1ncc(C)c1NC(=O)[C@@H](N)Cc1ccc(OC)cc1. The minimum Gasteiger partial charge on any atom is -0.497 e. The van der Waals surface area contributed by atoms with Crippen LogP contribution in [0.2, 0.25) is 0 Å². The van der Waals surface area contributed by atoms with E-state index < -0.39 is 6.04 Å². The highest BCUT2D eigenvalue weighted by atomic mass is 16.5. The summed E-state index contributed by atoms with van der Waals surface area (Å²) in [6, 6.07) is 6.92. The van der Waals surface area contributed by atoms with Crippen molar-refractivity contribution < 1.29 is 9.53 Å². The third-order valence-corrected chi connectivity index (χ3v) is 3.51. The van der Waals surface area contributed by atoms with Gasteiger partial charge in [-0.1, -0.05) is 12.1 Å². The van der Waals surface area contributed by atoms with Crippen molar-refractivity contribution in [3.8, 4) is 5.75 Å². The Kier molecular flexibility index (Phi) is 5.16. The average Bonchev–Trinajstić information content (AvgIpc) is 2.88. The van der Waals surface area contributed by atoms with Crippen LogP contribution < -0.4 is 15.8 Å². The number of nitrogens with one attached hydrogen (secondary N) is 1. The van der Waals surface area contributed by atoms with Gasteiger partial charge in [-0.15, -0.1) is 0 Å². The van der Waals surface area contributed by atoms with Crippen LogP contribution in [0.25, 0.3) is 0 Å². The number of aryl methyl sites for hydroxylation is 2. The number of carbonyl (C=O) groups excluding carboxylic acids is 1. The van der Waals surface area contributed by atoms with Gasteiger partial charge in [0.25, 0.3) is 0 Å². The van der Waals surface area contributed by atoms with Gasteiger partial charge in [-0.2, -0.15) is 5.10 Å². The Balaban J connectivity index is 2.00. The molecule has 1 aromatic carbocycles. The molecule has 6 nitrogen and oxygen atoms in total. The molecule has 2 aromatic rings. The first-order valence-corrected chi connectivity index (χ1v) is 7.27. The number of carbonyl (C=O) groups is 1. The van der Waals surface area contributed by atoms with Crippen molar-refractivity contribution in [2.45, 2.75) is 32.9 Å². The van der Waals surface area contributed by atoms with Crippen LogP contribution in [0, 0.1) is 6.92 Å². The van der Waals surface area contributed by atoms with Crippen molar-refractivity contribution in [1.29, 1.82) is 0 Å². The van der Waals surface area contributed by atoms with Crippen molar-refractivity contribution in [3.63, 3.8) is 0 Å². The molecular weight excluding hydrogens is 280 g/mol.